The molecule has 33 heavy (non-hydrogen) atoms. The average Bonchev–Trinajstić information content (AvgIpc) is 3.03. The van der Waals surface area contributed by atoms with Gasteiger partial charge in [-0.05, 0) is 43.8 Å². The van der Waals surface area contributed by atoms with Crippen molar-refractivity contribution < 1.29 is 4.74 Å². The van der Waals surface area contributed by atoms with E-state index in [9.17, 15) is 0 Å². The van der Waals surface area contributed by atoms with Crippen LogP contribution in [0, 0.1) is 0 Å². The number of likely N-dealkylation sites (N-methyl/N-ethyl adjacent to an activating group) is 1. The Morgan fingerprint density at radius 2 is 1.73 bits per heavy atom. The number of ether oxygens (including phenoxy) is 1. The molecule has 1 fully saturated rings. The second-order valence-corrected chi connectivity index (χ2v) is 8.24. The zero-order valence-electron chi connectivity index (χ0n) is 19.9. The first kappa shape index (κ1) is 27.1. The molecule has 0 spiro atoms. The molecule has 6 nitrogen and oxygen atoms in total. The fourth-order valence-corrected chi connectivity index (χ4v) is 3.80. The maximum absolute atomic E-state index is 5.74. The molecule has 0 amide bonds. The largest absolute Gasteiger partial charge is 0.489 e. The van der Waals surface area contributed by atoms with E-state index >= 15 is 0 Å². The second-order valence-electron chi connectivity index (χ2n) is 8.24. The Balaban J connectivity index is 0.00000385. The van der Waals surface area contributed by atoms with Crippen molar-refractivity contribution in [2.24, 2.45) is 4.99 Å². The molecule has 2 N–H and O–H groups in total. The van der Waals surface area contributed by atoms with Crippen molar-refractivity contribution in [1.82, 2.24) is 20.4 Å². The van der Waals surface area contributed by atoms with E-state index in [1.165, 1.54) is 30.6 Å². The van der Waals surface area contributed by atoms with Crippen LogP contribution in [0.2, 0.25) is 0 Å². The van der Waals surface area contributed by atoms with Crippen LogP contribution in [0.25, 0.3) is 0 Å². The highest BCUT2D eigenvalue weighted by atomic mass is 127. The highest BCUT2D eigenvalue weighted by molar-refractivity contribution is 14.0. The summed E-state index contributed by atoms with van der Waals surface area (Å²) in [6.45, 7) is 11.3. The van der Waals surface area contributed by atoms with Crippen LogP contribution in [0.15, 0.2) is 66.2 Å². The first-order valence-corrected chi connectivity index (χ1v) is 11.4. The van der Waals surface area contributed by atoms with Crippen LogP contribution >= 0.6 is 24.0 Å². The van der Waals surface area contributed by atoms with E-state index in [4.69, 9.17) is 4.74 Å². The van der Waals surface area contributed by atoms with Gasteiger partial charge in [-0.2, -0.15) is 0 Å². The lowest BCUT2D eigenvalue weighted by molar-refractivity contribution is 0.269. The van der Waals surface area contributed by atoms with E-state index in [0.29, 0.717) is 13.2 Å². The van der Waals surface area contributed by atoms with Crippen molar-refractivity contribution in [3.05, 3.63) is 77.9 Å². The van der Waals surface area contributed by atoms with Gasteiger partial charge in [0.25, 0.3) is 0 Å². The normalized spacial score (nSPS) is 15.3. The van der Waals surface area contributed by atoms with Gasteiger partial charge < -0.3 is 20.3 Å². The molecule has 0 aromatic heterocycles. The van der Waals surface area contributed by atoms with Gasteiger partial charge in [-0.25, -0.2) is 0 Å². The quantitative estimate of drug-likeness (QED) is 0.210. The molecule has 180 valence electrons. The number of hydrogen-bond acceptors (Lipinski definition) is 4. The van der Waals surface area contributed by atoms with Crippen LogP contribution in [-0.2, 0) is 19.6 Å². The van der Waals surface area contributed by atoms with E-state index < -0.39 is 0 Å². The highest BCUT2D eigenvalue weighted by Gasteiger charge is 2.12. The second kappa shape index (κ2) is 14.9. The van der Waals surface area contributed by atoms with Gasteiger partial charge in [0.2, 0.25) is 0 Å². The maximum atomic E-state index is 5.74. The molecule has 0 unspecified atom stereocenters. The van der Waals surface area contributed by atoms with Gasteiger partial charge >= 0.3 is 0 Å². The molecule has 2 aromatic carbocycles. The minimum Gasteiger partial charge on any atom is -0.489 e. The summed E-state index contributed by atoms with van der Waals surface area (Å²) in [7, 11) is 4.00. The van der Waals surface area contributed by atoms with Crippen LogP contribution in [0.3, 0.4) is 0 Å². The number of hydrogen-bond donors (Lipinski definition) is 2. The molecule has 7 heteroatoms. The number of halogens is 1. The Labute approximate surface area is 216 Å². The number of nitrogens with one attached hydrogen (secondary N) is 2. The standard InChI is InChI=1S/C26H37N5O.HI/c1-4-18-32-25-9-6-5-8-24(25)20-29-26(27-2)28-19-22-10-12-23(13-11-22)21-31-15-7-14-30(3)16-17-31;/h4-6,8-13H,1,7,14-21H2,2-3H3,(H2,27,28,29);1H. The van der Waals surface area contributed by atoms with Crippen LogP contribution in [0.1, 0.15) is 23.1 Å². The Bertz CT molecular complexity index is 871. The Hall–Kier alpha value is -2.10. The number of aliphatic imine (C=N–C) groups is 1. The predicted octanol–water partition coefficient (Wildman–Crippen LogP) is 3.87. The third-order valence-corrected chi connectivity index (χ3v) is 5.70. The van der Waals surface area contributed by atoms with Crippen LogP contribution in [0.4, 0.5) is 0 Å². The summed E-state index contributed by atoms with van der Waals surface area (Å²) in [5.41, 5.74) is 3.69. The number of para-hydroxylation sites is 1. The number of rotatable bonds is 9. The molecule has 1 saturated heterocycles. The Morgan fingerprint density at radius 3 is 2.48 bits per heavy atom. The van der Waals surface area contributed by atoms with E-state index in [1.807, 2.05) is 18.2 Å². The van der Waals surface area contributed by atoms with Crippen molar-refractivity contribution in [1.29, 1.82) is 0 Å². The van der Waals surface area contributed by atoms with Gasteiger partial charge in [-0.1, -0.05) is 55.1 Å². The van der Waals surface area contributed by atoms with Gasteiger partial charge in [0.1, 0.15) is 12.4 Å². The van der Waals surface area contributed by atoms with Gasteiger partial charge in [0.05, 0.1) is 0 Å². The predicted molar refractivity (Wildman–Crippen MR) is 148 cm³/mol. The molecule has 2 aromatic rings. The minimum absolute atomic E-state index is 0. The molecule has 0 atom stereocenters. The maximum Gasteiger partial charge on any atom is 0.191 e. The van der Waals surface area contributed by atoms with Crippen molar-refractivity contribution in [3.63, 3.8) is 0 Å². The summed E-state index contributed by atoms with van der Waals surface area (Å²) < 4.78 is 5.74. The number of guanidine groups is 1. The molecule has 1 aliphatic rings. The smallest absolute Gasteiger partial charge is 0.191 e. The van der Waals surface area contributed by atoms with Crippen molar-refractivity contribution >= 4 is 29.9 Å². The highest BCUT2D eigenvalue weighted by Crippen LogP contribution is 2.17. The lowest BCUT2D eigenvalue weighted by Gasteiger charge is -2.20. The molecule has 1 heterocycles. The summed E-state index contributed by atoms with van der Waals surface area (Å²) in [6, 6.07) is 16.9. The summed E-state index contributed by atoms with van der Waals surface area (Å²) in [6.07, 6.45) is 3.00. The van der Waals surface area contributed by atoms with Crippen LogP contribution in [0.5, 0.6) is 5.75 Å². The van der Waals surface area contributed by atoms with Crippen LogP contribution in [-0.4, -0.2) is 62.6 Å². The zero-order chi connectivity index (χ0) is 22.6. The zero-order valence-corrected chi connectivity index (χ0v) is 22.3. The van der Waals surface area contributed by atoms with Crippen molar-refractivity contribution in [2.75, 3.05) is 46.9 Å². The molecule has 1 aliphatic heterocycles. The van der Waals surface area contributed by atoms with Gasteiger partial charge in [-0.15, -0.1) is 24.0 Å². The average molecular weight is 564 g/mol. The molecule has 0 bridgehead atoms. The monoisotopic (exact) mass is 563 g/mol. The third kappa shape index (κ3) is 9.35. The van der Waals surface area contributed by atoms with E-state index in [2.05, 4.69) is 69.4 Å². The lowest BCUT2D eigenvalue weighted by Crippen LogP contribution is -2.36. The number of benzene rings is 2. The number of nitrogens with zero attached hydrogens (tertiary/aromatic N) is 3. The molecule has 0 aliphatic carbocycles. The minimum atomic E-state index is 0. The molecule has 0 radical (unpaired) electrons. The molecule has 0 saturated carbocycles. The topological polar surface area (TPSA) is 52.1 Å². The molecular formula is C26H38IN5O. The first-order chi connectivity index (χ1) is 15.7. The summed E-state index contributed by atoms with van der Waals surface area (Å²) in [4.78, 5) is 9.32. The van der Waals surface area contributed by atoms with E-state index in [-0.39, 0.29) is 24.0 Å². The fraction of sp³-hybridized carbons (Fsp3) is 0.423. The Kier molecular flexibility index (Phi) is 12.3. The van der Waals surface area contributed by atoms with Gasteiger partial charge in [0, 0.05) is 45.3 Å². The molecule has 3 rings (SSSR count). The van der Waals surface area contributed by atoms with Crippen molar-refractivity contribution in [3.8, 4) is 5.75 Å². The Morgan fingerprint density at radius 1 is 1.00 bits per heavy atom. The van der Waals surface area contributed by atoms with E-state index in [0.717, 1.165) is 43.5 Å². The third-order valence-electron chi connectivity index (χ3n) is 5.70. The van der Waals surface area contributed by atoms with E-state index in [1.54, 1.807) is 13.1 Å². The van der Waals surface area contributed by atoms with Crippen molar-refractivity contribution in [2.45, 2.75) is 26.1 Å². The summed E-state index contributed by atoms with van der Waals surface area (Å²) >= 11 is 0. The van der Waals surface area contributed by atoms with Crippen LogP contribution < -0.4 is 15.4 Å². The summed E-state index contributed by atoms with van der Waals surface area (Å²) in [5.74, 6) is 1.63. The van der Waals surface area contributed by atoms with Gasteiger partial charge in [-0.3, -0.25) is 9.89 Å². The SMILES string of the molecule is C=CCOc1ccccc1CNC(=NC)NCc1ccc(CN2CCCN(C)CC2)cc1.I. The lowest BCUT2D eigenvalue weighted by atomic mass is 10.1. The summed E-state index contributed by atoms with van der Waals surface area (Å²) in [5, 5.41) is 6.77. The fourth-order valence-electron chi connectivity index (χ4n) is 3.80. The van der Waals surface area contributed by atoms with Gasteiger partial charge in [0.15, 0.2) is 5.96 Å². The first-order valence-electron chi connectivity index (χ1n) is 11.4. The molecular weight excluding hydrogens is 525 g/mol.